The maximum atomic E-state index is 12.8. The number of nitrogens with one attached hydrogen (secondary N) is 1. The quantitative estimate of drug-likeness (QED) is 0.753. The average molecular weight is 356 g/mol. The Bertz CT molecular complexity index is 770. The third-order valence-electron chi connectivity index (χ3n) is 5.80. The van der Waals surface area contributed by atoms with Gasteiger partial charge in [-0.05, 0) is 36.5 Å². The first kappa shape index (κ1) is 17.2. The lowest BCUT2D eigenvalue weighted by molar-refractivity contribution is -0.136. The first-order valence-corrected chi connectivity index (χ1v) is 9.17. The van der Waals surface area contributed by atoms with Gasteiger partial charge in [0.1, 0.15) is 6.04 Å². The summed E-state index contributed by atoms with van der Waals surface area (Å²) in [5.74, 6) is -0.217. The van der Waals surface area contributed by atoms with Crippen LogP contribution in [-0.2, 0) is 22.7 Å². The van der Waals surface area contributed by atoms with Crippen LogP contribution in [0.2, 0.25) is 0 Å². The second-order valence-corrected chi connectivity index (χ2v) is 7.66. The number of hydrogen-bond donors (Lipinski definition) is 2. The first-order chi connectivity index (χ1) is 12.4. The molecule has 0 bridgehead atoms. The van der Waals surface area contributed by atoms with Crippen LogP contribution >= 0.6 is 0 Å². The number of nitrogens with two attached hydrogens (primary N) is 1. The van der Waals surface area contributed by atoms with Crippen LogP contribution in [0.1, 0.15) is 41.3 Å². The standard InChI is InChI=1S/C19H24N4O3/c1-11(20)13-8-22(9-13)7-12-3-2-4-14-15(12)10-23(19(14)26)16-5-6-17(24)21-18(16)25/h2-4,11,13,16H,5-10,20H2,1H3,(H,21,24,25). The van der Waals surface area contributed by atoms with Crippen molar-refractivity contribution in [1.29, 1.82) is 0 Å². The fourth-order valence-corrected chi connectivity index (χ4v) is 4.11. The number of amides is 3. The number of hydrogen-bond acceptors (Lipinski definition) is 5. The Morgan fingerprint density at radius 2 is 2.04 bits per heavy atom. The Morgan fingerprint density at radius 1 is 1.27 bits per heavy atom. The molecule has 0 saturated carbocycles. The van der Waals surface area contributed by atoms with Crippen LogP contribution in [0.15, 0.2) is 18.2 Å². The highest BCUT2D eigenvalue weighted by Gasteiger charge is 2.40. The van der Waals surface area contributed by atoms with Gasteiger partial charge in [-0.3, -0.25) is 24.6 Å². The molecule has 0 radical (unpaired) electrons. The van der Waals surface area contributed by atoms with Gasteiger partial charge in [0.25, 0.3) is 5.91 Å². The van der Waals surface area contributed by atoms with Gasteiger partial charge in [0, 0.05) is 44.2 Å². The van der Waals surface area contributed by atoms with Crippen molar-refractivity contribution in [2.24, 2.45) is 11.7 Å². The van der Waals surface area contributed by atoms with E-state index < -0.39 is 6.04 Å². The van der Waals surface area contributed by atoms with Crippen LogP contribution in [0, 0.1) is 5.92 Å². The molecule has 138 valence electrons. The molecule has 2 unspecified atom stereocenters. The minimum Gasteiger partial charge on any atom is -0.328 e. The Balaban J connectivity index is 1.50. The van der Waals surface area contributed by atoms with Gasteiger partial charge in [-0.1, -0.05) is 12.1 Å². The third kappa shape index (κ3) is 2.91. The van der Waals surface area contributed by atoms with E-state index in [9.17, 15) is 14.4 Å². The molecule has 2 atom stereocenters. The molecule has 7 heteroatoms. The van der Waals surface area contributed by atoms with E-state index in [2.05, 4.69) is 16.3 Å². The number of likely N-dealkylation sites (tertiary alicyclic amines) is 1. The van der Waals surface area contributed by atoms with E-state index in [1.165, 1.54) is 0 Å². The van der Waals surface area contributed by atoms with Crippen LogP contribution < -0.4 is 11.1 Å². The first-order valence-electron chi connectivity index (χ1n) is 9.17. The van der Waals surface area contributed by atoms with Crippen LogP contribution in [0.5, 0.6) is 0 Å². The molecule has 2 fully saturated rings. The molecular weight excluding hydrogens is 332 g/mol. The van der Waals surface area contributed by atoms with Gasteiger partial charge in [-0.2, -0.15) is 0 Å². The minimum absolute atomic E-state index is 0.117. The molecular formula is C19H24N4O3. The highest BCUT2D eigenvalue weighted by molar-refractivity contribution is 6.05. The summed E-state index contributed by atoms with van der Waals surface area (Å²) in [5.41, 5.74) is 8.76. The van der Waals surface area contributed by atoms with Crippen molar-refractivity contribution in [1.82, 2.24) is 15.1 Å². The maximum absolute atomic E-state index is 12.8. The highest BCUT2D eigenvalue weighted by Crippen LogP contribution is 2.31. The Labute approximate surface area is 152 Å². The molecule has 4 rings (SSSR count). The van der Waals surface area contributed by atoms with Crippen molar-refractivity contribution >= 4 is 17.7 Å². The molecule has 7 nitrogen and oxygen atoms in total. The number of imide groups is 1. The topological polar surface area (TPSA) is 95.7 Å². The van der Waals surface area contributed by atoms with Gasteiger partial charge < -0.3 is 10.6 Å². The van der Waals surface area contributed by atoms with Gasteiger partial charge in [-0.15, -0.1) is 0 Å². The van der Waals surface area contributed by atoms with Crippen molar-refractivity contribution in [2.75, 3.05) is 13.1 Å². The Hall–Kier alpha value is -2.25. The maximum Gasteiger partial charge on any atom is 0.255 e. The Kier molecular flexibility index (Phi) is 4.28. The number of carbonyl (C=O) groups excluding carboxylic acids is 3. The van der Waals surface area contributed by atoms with Crippen molar-refractivity contribution in [3.05, 3.63) is 34.9 Å². The smallest absolute Gasteiger partial charge is 0.255 e. The van der Waals surface area contributed by atoms with E-state index in [1.807, 2.05) is 19.1 Å². The molecule has 3 N–H and O–H groups in total. The lowest BCUT2D eigenvalue weighted by Crippen LogP contribution is -2.53. The fourth-order valence-electron chi connectivity index (χ4n) is 4.11. The van der Waals surface area contributed by atoms with E-state index in [1.54, 1.807) is 4.90 Å². The number of benzene rings is 1. The van der Waals surface area contributed by atoms with Gasteiger partial charge in [-0.25, -0.2) is 0 Å². The molecule has 3 amide bonds. The SMILES string of the molecule is CC(N)C1CN(Cc2cccc3c2CN(C2CCC(=O)NC2=O)C3=O)C1. The number of rotatable bonds is 4. The van der Waals surface area contributed by atoms with E-state index in [4.69, 9.17) is 5.73 Å². The highest BCUT2D eigenvalue weighted by atomic mass is 16.2. The molecule has 0 spiro atoms. The summed E-state index contributed by atoms with van der Waals surface area (Å²) in [6.07, 6.45) is 0.664. The molecule has 1 aromatic carbocycles. The fraction of sp³-hybridized carbons (Fsp3) is 0.526. The summed E-state index contributed by atoms with van der Waals surface area (Å²) in [6, 6.07) is 5.43. The van der Waals surface area contributed by atoms with E-state index >= 15 is 0 Å². The second-order valence-electron chi connectivity index (χ2n) is 7.66. The van der Waals surface area contributed by atoms with E-state index in [-0.39, 0.29) is 30.2 Å². The van der Waals surface area contributed by atoms with E-state index in [0.717, 1.165) is 30.8 Å². The molecule has 3 heterocycles. The minimum atomic E-state index is -0.563. The van der Waals surface area contributed by atoms with Crippen molar-refractivity contribution in [3.8, 4) is 0 Å². The number of piperidine rings is 1. The molecule has 26 heavy (non-hydrogen) atoms. The zero-order valence-electron chi connectivity index (χ0n) is 14.9. The number of fused-ring (bicyclic) bond motifs is 1. The van der Waals surface area contributed by atoms with Crippen LogP contribution in [0.25, 0.3) is 0 Å². The van der Waals surface area contributed by atoms with Gasteiger partial charge >= 0.3 is 0 Å². The predicted octanol–water partition coefficient (Wildman–Crippen LogP) is 0.227. The second kappa shape index (κ2) is 6.48. The summed E-state index contributed by atoms with van der Waals surface area (Å²) in [4.78, 5) is 40.3. The molecule has 1 aromatic rings. The number of nitrogens with zero attached hydrogens (tertiary/aromatic N) is 2. The largest absolute Gasteiger partial charge is 0.328 e. The molecule has 0 aliphatic carbocycles. The monoisotopic (exact) mass is 356 g/mol. The summed E-state index contributed by atoms with van der Waals surface area (Å²) in [6.45, 7) is 5.22. The van der Waals surface area contributed by atoms with Crippen LogP contribution in [-0.4, -0.2) is 52.7 Å². The predicted molar refractivity (Wildman–Crippen MR) is 94.9 cm³/mol. The van der Waals surface area contributed by atoms with Gasteiger partial charge in [0.05, 0.1) is 0 Å². The van der Waals surface area contributed by atoms with Crippen LogP contribution in [0.4, 0.5) is 0 Å². The third-order valence-corrected chi connectivity index (χ3v) is 5.80. The average Bonchev–Trinajstić information content (AvgIpc) is 2.88. The summed E-state index contributed by atoms with van der Waals surface area (Å²) in [5, 5.41) is 2.34. The Morgan fingerprint density at radius 3 is 2.73 bits per heavy atom. The van der Waals surface area contributed by atoms with Gasteiger partial charge in [0.15, 0.2) is 0 Å². The summed E-state index contributed by atoms with van der Waals surface area (Å²) in [7, 11) is 0. The zero-order valence-corrected chi connectivity index (χ0v) is 14.9. The van der Waals surface area contributed by atoms with Crippen molar-refractivity contribution < 1.29 is 14.4 Å². The summed E-state index contributed by atoms with van der Waals surface area (Å²) >= 11 is 0. The van der Waals surface area contributed by atoms with E-state index in [0.29, 0.717) is 24.4 Å². The molecule has 0 aromatic heterocycles. The molecule has 3 aliphatic rings. The van der Waals surface area contributed by atoms with Gasteiger partial charge in [0.2, 0.25) is 11.8 Å². The van der Waals surface area contributed by atoms with Crippen molar-refractivity contribution in [2.45, 2.75) is 44.9 Å². The number of carbonyl (C=O) groups is 3. The van der Waals surface area contributed by atoms with Crippen LogP contribution in [0.3, 0.4) is 0 Å². The lowest BCUT2D eigenvalue weighted by Gasteiger charge is -2.41. The summed E-state index contributed by atoms with van der Waals surface area (Å²) < 4.78 is 0. The normalized spacial score (nSPS) is 25.1. The van der Waals surface area contributed by atoms with Crippen molar-refractivity contribution in [3.63, 3.8) is 0 Å². The zero-order chi connectivity index (χ0) is 18.4. The lowest BCUT2D eigenvalue weighted by atomic mass is 9.92. The molecule has 3 aliphatic heterocycles. The molecule has 2 saturated heterocycles.